The van der Waals surface area contributed by atoms with E-state index in [0.717, 1.165) is 21.7 Å². The first-order valence-electron chi connectivity index (χ1n) is 12.0. The molecule has 1 aliphatic rings. The number of carbonyl (C=O) groups excluding carboxylic acids is 2. The Morgan fingerprint density at radius 3 is 2.44 bits per heavy atom. The van der Waals surface area contributed by atoms with Crippen molar-refractivity contribution in [1.29, 1.82) is 0 Å². The van der Waals surface area contributed by atoms with Gasteiger partial charge in [-0.1, -0.05) is 54.9 Å². The van der Waals surface area contributed by atoms with Crippen LogP contribution in [0, 0.1) is 19.8 Å². The molecule has 0 radical (unpaired) electrons. The monoisotopic (exact) mass is 530 g/mol. The molecule has 3 heterocycles. The Hall–Kier alpha value is -2.75. The molecule has 0 unspecified atom stereocenters. The van der Waals surface area contributed by atoms with Crippen LogP contribution >= 0.6 is 22.9 Å². The third kappa shape index (κ3) is 5.19. The Labute approximate surface area is 219 Å². The van der Waals surface area contributed by atoms with Crippen molar-refractivity contribution in [3.05, 3.63) is 57.5 Å². The second-order valence-electron chi connectivity index (χ2n) is 9.68. The lowest BCUT2D eigenvalue weighted by Gasteiger charge is -2.29. The first-order chi connectivity index (χ1) is 17.1. The first kappa shape index (κ1) is 26.3. The molecular formula is C26H31ClN4O4S. The molecule has 2 aromatic heterocycles. The number of carbonyl (C=O) groups is 2. The number of aliphatic hydroxyl groups is 1. The van der Waals surface area contributed by atoms with Gasteiger partial charge in [-0.05, 0) is 37.8 Å². The Bertz CT molecular complexity index is 1240. The molecule has 4 atom stereocenters. The van der Waals surface area contributed by atoms with Crippen LogP contribution < -0.4 is 5.32 Å². The number of aliphatic hydroxyl groups excluding tert-OH is 1. The van der Waals surface area contributed by atoms with E-state index >= 15 is 0 Å². The zero-order chi connectivity index (χ0) is 26.1. The summed E-state index contributed by atoms with van der Waals surface area (Å²) < 4.78 is 5.39. The number of aromatic nitrogens is 2. The molecule has 3 aromatic rings. The molecule has 1 fully saturated rings. The van der Waals surface area contributed by atoms with Gasteiger partial charge in [0.05, 0.1) is 33.9 Å². The maximum absolute atomic E-state index is 13.6. The highest BCUT2D eigenvalue weighted by Gasteiger charge is 2.44. The molecule has 2 N–H and O–H groups in total. The van der Waals surface area contributed by atoms with Crippen LogP contribution in [0.2, 0.25) is 5.02 Å². The molecular weight excluding hydrogens is 500 g/mol. The summed E-state index contributed by atoms with van der Waals surface area (Å²) >= 11 is 7.95. The van der Waals surface area contributed by atoms with E-state index < -0.39 is 18.1 Å². The quantitative estimate of drug-likeness (QED) is 0.460. The Balaban J connectivity index is 1.49. The number of hydrogen-bond donors (Lipinski definition) is 2. The topological polar surface area (TPSA) is 109 Å². The Morgan fingerprint density at radius 1 is 1.19 bits per heavy atom. The third-order valence-corrected chi connectivity index (χ3v) is 8.11. The number of likely N-dealkylation sites (tertiary alicyclic amines) is 1. The molecule has 0 spiro atoms. The molecule has 2 amide bonds. The number of benzene rings is 1. The van der Waals surface area contributed by atoms with E-state index in [4.69, 9.17) is 16.1 Å². The van der Waals surface area contributed by atoms with Crippen molar-refractivity contribution in [3.63, 3.8) is 0 Å². The van der Waals surface area contributed by atoms with Crippen molar-refractivity contribution < 1.29 is 19.2 Å². The average molecular weight is 531 g/mol. The summed E-state index contributed by atoms with van der Waals surface area (Å²) in [6, 6.07) is 6.92. The fraction of sp³-hybridized carbons (Fsp3) is 0.462. The number of aryl methyl sites for hydroxylation is 2. The molecule has 8 nitrogen and oxygen atoms in total. The predicted octanol–water partition coefficient (Wildman–Crippen LogP) is 4.65. The van der Waals surface area contributed by atoms with E-state index in [1.165, 1.54) is 4.90 Å². The highest BCUT2D eigenvalue weighted by Crippen LogP contribution is 2.36. The summed E-state index contributed by atoms with van der Waals surface area (Å²) in [5, 5.41) is 17.6. The van der Waals surface area contributed by atoms with Crippen molar-refractivity contribution in [2.24, 2.45) is 5.92 Å². The van der Waals surface area contributed by atoms with Crippen LogP contribution in [0.25, 0.3) is 10.4 Å². The first-order valence-corrected chi connectivity index (χ1v) is 13.2. The van der Waals surface area contributed by atoms with Gasteiger partial charge in [0.25, 0.3) is 0 Å². The van der Waals surface area contributed by atoms with Gasteiger partial charge in [-0.25, -0.2) is 4.98 Å². The largest absolute Gasteiger partial charge is 0.391 e. The van der Waals surface area contributed by atoms with Gasteiger partial charge in [0, 0.05) is 13.0 Å². The highest BCUT2D eigenvalue weighted by atomic mass is 35.5. The fourth-order valence-electron chi connectivity index (χ4n) is 4.65. The van der Waals surface area contributed by atoms with Crippen molar-refractivity contribution in [1.82, 2.24) is 20.4 Å². The van der Waals surface area contributed by atoms with E-state index in [2.05, 4.69) is 15.5 Å². The van der Waals surface area contributed by atoms with Crippen LogP contribution in [0.3, 0.4) is 0 Å². The summed E-state index contributed by atoms with van der Waals surface area (Å²) in [4.78, 5) is 33.8. The number of rotatable bonds is 7. The smallest absolute Gasteiger partial charge is 0.243 e. The second-order valence-corrected chi connectivity index (χ2v) is 10.9. The summed E-state index contributed by atoms with van der Waals surface area (Å²) in [7, 11) is 0. The lowest BCUT2D eigenvalue weighted by atomic mass is 9.91. The van der Waals surface area contributed by atoms with E-state index in [1.807, 2.05) is 57.5 Å². The van der Waals surface area contributed by atoms with Crippen molar-refractivity contribution in [2.45, 2.75) is 65.1 Å². The maximum atomic E-state index is 13.6. The van der Waals surface area contributed by atoms with Gasteiger partial charge in [0.2, 0.25) is 11.8 Å². The van der Waals surface area contributed by atoms with E-state index in [0.29, 0.717) is 16.5 Å². The van der Waals surface area contributed by atoms with Crippen LogP contribution in [0.15, 0.2) is 34.3 Å². The van der Waals surface area contributed by atoms with Crippen LogP contribution in [-0.2, 0) is 9.59 Å². The molecule has 0 saturated carbocycles. The lowest BCUT2D eigenvalue weighted by molar-refractivity contribution is -0.141. The van der Waals surface area contributed by atoms with Crippen LogP contribution in [0.4, 0.5) is 0 Å². The standard InChI is InChI=1S/C26H31ClN4O4S/c1-13(2)21(23-22(27)15(4)30-35-23)26(34)31-11-19(32)10-20(31)25(33)29-14(3)17-6-8-18(9-7-17)24-16(5)28-12-36-24/h6-9,12-14,19-21,32H,10-11H2,1-5H3,(H,29,33)/t14-,19+,20-,21+/m0/s1. The zero-order valence-corrected chi connectivity index (χ0v) is 22.6. The Morgan fingerprint density at radius 2 is 1.89 bits per heavy atom. The minimum absolute atomic E-state index is 0.0716. The van der Waals surface area contributed by atoms with E-state index in [-0.39, 0.29) is 36.7 Å². The number of nitrogens with one attached hydrogen (secondary N) is 1. The molecule has 1 aliphatic heterocycles. The summed E-state index contributed by atoms with van der Waals surface area (Å²) in [6.07, 6.45) is -0.622. The number of halogens is 1. The van der Waals surface area contributed by atoms with E-state index in [9.17, 15) is 14.7 Å². The van der Waals surface area contributed by atoms with Crippen molar-refractivity contribution in [3.8, 4) is 10.4 Å². The van der Waals surface area contributed by atoms with Gasteiger partial charge >= 0.3 is 0 Å². The van der Waals surface area contributed by atoms with Crippen LogP contribution in [0.1, 0.15) is 61.9 Å². The van der Waals surface area contributed by atoms with Gasteiger partial charge in [0.1, 0.15) is 17.0 Å². The molecule has 0 bridgehead atoms. The third-order valence-electron chi connectivity index (χ3n) is 6.67. The molecule has 1 aromatic carbocycles. The molecule has 4 rings (SSSR count). The zero-order valence-electron chi connectivity index (χ0n) is 21.0. The molecule has 1 saturated heterocycles. The average Bonchev–Trinajstić information content (AvgIpc) is 3.53. The normalized spacial score (nSPS) is 19.5. The number of nitrogens with zero attached hydrogens (tertiary/aromatic N) is 3. The van der Waals surface area contributed by atoms with Crippen molar-refractivity contribution in [2.75, 3.05) is 6.54 Å². The highest BCUT2D eigenvalue weighted by molar-refractivity contribution is 7.13. The summed E-state index contributed by atoms with van der Waals surface area (Å²) in [5.41, 5.74) is 5.33. The van der Waals surface area contributed by atoms with Crippen LogP contribution in [0.5, 0.6) is 0 Å². The van der Waals surface area contributed by atoms with E-state index in [1.54, 1.807) is 18.3 Å². The number of thiazole rings is 1. The lowest BCUT2D eigenvalue weighted by Crippen LogP contribution is -2.48. The second kappa shape index (κ2) is 10.7. The summed E-state index contributed by atoms with van der Waals surface area (Å²) in [6.45, 7) is 9.43. The number of β-amino-alcohol motifs (C(OH)–C–C–N with tert-alkyl or cyclic N) is 1. The molecule has 0 aliphatic carbocycles. The minimum Gasteiger partial charge on any atom is -0.391 e. The number of hydrogen-bond acceptors (Lipinski definition) is 7. The fourth-order valence-corrected chi connectivity index (χ4v) is 5.65. The van der Waals surface area contributed by atoms with Gasteiger partial charge in [-0.3, -0.25) is 9.59 Å². The number of amides is 2. The van der Waals surface area contributed by atoms with Gasteiger partial charge in [-0.15, -0.1) is 11.3 Å². The Kier molecular flexibility index (Phi) is 7.82. The predicted molar refractivity (Wildman–Crippen MR) is 139 cm³/mol. The minimum atomic E-state index is -0.793. The maximum Gasteiger partial charge on any atom is 0.243 e. The summed E-state index contributed by atoms with van der Waals surface area (Å²) in [5.74, 6) is -1.18. The SMILES string of the molecule is Cc1ncsc1-c1ccc([C@H](C)NC(=O)[C@@H]2C[C@@H](O)CN2C(=O)[C@@H](c2onc(C)c2Cl)C(C)C)cc1. The van der Waals surface area contributed by atoms with Crippen LogP contribution in [-0.4, -0.2) is 50.7 Å². The van der Waals surface area contributed by atoms with Gasteiger partial charge in [-0.2, -0.15) is 0 Å². The van der Waals surface area contributed by atoms with Crippen molar-refractivity contribution >= 4 is 34.8 Å². The molecule has 36 heavy (non-hydrogen) atoms. The van der Waals surface area contributed by atoms with Gasteiger partial charge in [0.15, 0.2) is 5.76 Å². The molecule has 192 valence electrons. The van der Waals surface area contributed by atoms with Gasteiger partial charge < -0.3 is 19.8 Å². The molecule has 10 heteroatoms.